The molecule has 2 rings (SSSR count). The predicted octanol–water partition coefficient (Wildman–Crippen LogP) is 1.21. The molecule has 112 valence electrons. The topological polar surface area (TPSA) is 77.0 Å². The lowest BCUT2D eigenvalue weighted by Gasteiger charge is -2.16. The number of halogens is 1. The fourth-order valence-corrected chi connectivity index (χ4v) is 1.88. The van der Waals surface area contributed by atoms with E-state index in [2.05, 4.69) is 17.9 Å². The van der Waals surface area contributed by atoms with Gasteiger partial charge < -0.3 is 20.4 Å². The number of carboxylic acids is 1. The summed E-state index contributed by atoms with van der Waals surface area (Å²) in [6.07, 6.45) is -1.06. The molecular formula is C16H18ClNO3. The Balaban J connectivity index is 0.000000235. The molecule has 0 aliphatic rings. The summed E-state index contributed by atoms with van der Waals surface area (Å²) in [5.74, 6) is -1.27. The SMILES string of the molecule is COC(C(=O)[O-])c1cccc(Cl)c1.[NH3+]Cc1ccccc1. The van der Waals surface area contributed by atoms with Crippen LogP contribution in [0.15, 0.2) is 54.6 Å². The molecule has 4 nitrogen and oxygen atoms in total. The van der Waals surface area contributed by atoms with Crippen molar-refractivity contribution in [3.8, 4) is 0 Å². The molecule has 0 radical (unpaired) electrons. The van der Waals surface area contributed by atoms with Crippen LogP contribution in [0.4, 0.5) is 0 Å². The summed E-state index contributed by atoms with van der Waals surface area (Å²) in [5, 5.41) is 11.0. The molecule has 0 aromatic heterocycles. The highest BCUT2D eigenvalue weighted by atomic mass is 35.5. The van der Waals surface area contributed by atoms with Crippen LogP contribution in [0.3, 0.4) is 0 Å². The Morgan fingerprint density at radius 3 is 2.33 bits per heavy atom. The Hall–Kier alpha value is -1.88. The summed E-state index contributed by atoms with van der Waals surface area (Å²) < 4.78 is 4.73. The van der Waals surface area contributed by atoms with Crippen molar-refractivity contribution in [2.75, 3.05) is 7.11 Å². The highest BCUT2D eigenvalue weighted by Crippen LogP contribution is 2.19. The maximum absolute atomic E-state index is 10.6. The molecule has 0 amide bonds. The van der Waals surface area contributed by atoms with E-state index in [9.17, 15) is 9.90 Å². The van der Waals surface area contributed by atoms with E-state index in [1.54, 1.807) is 18.2 Å². The van der Waals surface area contributed by atoms with E-state index in [0.717, 1.165) is 6.54 Å². The second kappa shape index (κ2) is 9.13. The van der Waals surface area contributed by atoms with Crippen LogP contribution in [0.1, 0.15) is 17.2 Å². The van der Waals surface area contributed by atoms with Crippen molar-refractivity contribution in [2.24, 2.45) is 0 Å². The molecule has 0 saturated carbocycles. The number of quaternary nitrogens is 1. The fraction of sp³-hybridized carbons (Fsp3) is 0.188. The first-order chi connectivity index (χ1) is 10.1. The Kier molecular flexibility index (Phi) is 7.46. The molecule has 0 spiro atoms. The van der Waals surface area contributed by atoms with Crippen molar-refractivity contribution in [3.05, 3.63) is 70.7 Å². The van der Waals surface area contributed by atoms with Crippen LogP contribution in [0.5, 0.6) is 0 Å². The van der Waals surface area contributed by atoms with E-state index in [4.69, 9.17) is 16.3 Å². The van der Waals surface area contributed by atoms with Crippen LogP contribution < -0.4 is 10.8 Å². The van der Waals surface area contributed by atoms with Crippen molar-refractivity contribution in [1.29, 1.82) is 0 Å². The van der Waals surface area contributed by atoms with Gasteiger partial charge in [0.25, 0.3) is 0 Å². The quantitative estimate of drug-likeness (QED) is 0.922. The van der Waals surface area contributed by atoms with Crippen molar-refractivity contribution in [2.45, 2.75) is 12.6 Å². The molecule has 21 heavy (non-hydrogen) atoms. The van der Waals surface area contributed by atoms with Gasteiger partial charge in [0.15, 0.2) is 0 Å². The first-order valence-electron chi connectivity index (χ1n) is 6.40. The first kappa shape index (κ1) is 17.2. The van der Waals surface area contributed by atoms with Crippen LogP contribution in [0.2, 0.25) is 5.02 Å². The van der Waals surface area contributed by atoms with Crippen LogP contribution in [0, 0.1) is 0 Å². The van der Waals surface area contributed by atoms with E-state index >= 15 is 0 Å². The standard InChI is InChI=1S/C9H9ClO3.C7H9N/c1-13-8(9(11)12)6-3-2-4-7(10)5-6;8-6-7-4-2-1-3-5-7/h2-5,8H,1H3,(H,11,12);1-5H,6,8H2. The van der Waals surface area contributed by atoms with Crippen molar-refractivity contribution < 1.29 is 20.4 Å². The number of hydrogen-bond acceptors (Lipinski definition) is 3. The molecule has 1 unspecified atom stereocenters. The number of ether oxygens (including phenoxy) is 1. The Labute approximate surface area is 129 Å². The molecule has 0 bridgehead atoms. The Morgan fingerprint density at radius 1 is 1.24 bits per heavy atom. The molecule has 1 atom stereocenters. The van der Waals surface area contributed by atoms with Gasteiger partial charge in [-0.15, -0.1) is 0 Å². The third-order valence-corrected chi connectivity index (χ3v) is 2.97. The third-order valence-electron chi connectivity index (χ3n) is 2.73. The van der Waals surface area contributed by atoms with Gasteiger partial charge in [-0.3, -0.25) is 0 Å². The molecule has 0 heterocycles. The van der Waals surface area contributed by atoms with Crippen molar-refractivity contribution >= 4 is 17.6 Å². The average Bonchev–Trinajstić information content (AvgIpc) is 2.49. The van der Waals surface area contributed by atoms with Gasteiger partial charge in [0, 0.05) is 17.7 Å². The monoisotopic (exact) mass is 307 g/mol. The first-order valence-corrected chi connectivity index (χ1v) is 6.78. The van der Waals surface area contributed by atoms with Gasteiger partial charge in [0.2, 0.25) is 0 Å². The van der Waals surface area contributed by atoms with Gasteiger partial charge in [-0.1, -0.05) is 54.1 Å². The number of benzene rings is 2. The molecule has 0 aliphatic carbocycles. The summed E-state index contributed by atoms with van der Waals surface area (Å²) in [4.78, 5) is 10.6. The van der Waals surface area contributed by atoms with E-state index in [1.807, 2.05) is 18.2 Å². The predicted molar refractivity (Wildman–Crippen MR) is 79.2 cm³/mol. The lowest BCUT2D eigenvalue weighted by molar-refractivity contribution is -0.386. The molecule has 5 heteroatoms. The Morgan fingerprint density at radius 2 is 1.90 bits per heavy atom. The van der Waals surface area contributed by atoms with E-state index in [0.29, 0.717) is 10.6 Å². The smallest absolute Gasteiger partial charge is 0.121 e. The van der Waals surface area contributed by atoms with Gasteiger partial charge in [0.1, 0.15) is 6.10 Å². The molecule has 0 aliphatic heterocycles. The summed E-state index contributed by atoms with van der Waals surface area (Å²) >= 11 is 5.68. The van der Waals surface area contributed by atoms with Crippen LogP contribution >= 0.6 is 11.6 Å². The summed E-state index contributed by atoms with van der Waals surface area (Å²) in [7, 11) is 1.31. The molecule has 0 fully saturated rings. The lowest BCUT2D eigenvalue weighted by Crippen LogP contribution is -2.47. The van der Waals surface area contributed by atoms with Gasteiger partial charge in [-0.2, -0.15) is 0 Å². The highest BCUT2D eigenvalue weighted by molar-refractivity contribution is 6.30. The maximum atomic E-state index is 10.6. The number of rotatable bonds is 4. The largest absolute Gasteiger partial charge is 0.547 e. The van der Waals surface area contributed by atoms with Crippen LogP contribution in [-0.2, 0) is 16.1 Å². The van der Waals surface area contributed by atoms with Gasteiger partial charge >= 0.3 is 0 Å². The van der Waals surface area contributed by atoms with Crippen LogP contribution in [-0.4, -0.2) is 13.1 Å². The zero-order valence-electron chi connectivity index (χ0n) is 11.8. The fourth-order valence-electron chi connectivity index (χ4n) is 1.68. The second-order valence-corrected chi connectivity index (χ2v) is 4.66. The average molecular weight is 308 g/mol. The zero-order chi connectivity index (χ0) is 15.7. The minimum absolute atomic E-state index is 0.473. The highest BCUT2D eigenvalue weighted by Gasteiger charge is 2.10. The van der Waals surface area contributed by atoms with Gasteiger partial charge in [-0.05, 0) is 17.7 Å². The zero-order valence-corrected chi connectivity index (χ0v) is 12.5. The summed E-state index contributed by atoms with van der Waals surface area (Å²) in [6.45, 7) is 0.890. The second-order valence-electron chi connectivity index (χ2n) is 4.23. The Bertz CT molecular complexity index is 560. The normalized spacial score (nSPS) is 11.2. The lowest BCUT2D eigenvalue weighted by atomic mass is 10.1. The summed E-state index contributed by atoms with van der Waals surface area (Å²) in [5.41, 5.74) is 5.54. The molecule has 2 aromatic rings. The number of carbonyl (C=O) groups is 1. The van der Waals surface area contributed by atoms with Crippen LogP contribution in [0.25, 0.3) is 0 Å². The molecule has 2 aromatic carbocycles. The van der Waals surface area contributed by atoms with Crippen molar-refractivity contribution in [3.63, 3.8) is 0 Å². The van der Waals surface area contributed by atoms with E-state index in [1.165, 1.54) is 18.7 Å². The van der Waals surface area contributed by atoms with Gasteiger partial charge in [-0.25, -0.2) is 0 Å². The number of methoxy groups -OCH3 is 1. The third kappa shape index (κ3) is 5.95. The maximum Gasteiger partial charge on any atom is 0.121 e. The number of carbonyl (C=O) groups excluding carboxylic acids is 1. The number of hydrogen-bond donors (Lipinski definition) is 1. The number of aliphatic carboxylic acids is 1. The molecule has 0 saturated heterocycles. The van der Waals surface area contributed by atoms with E-state index < -0.39 is 12.1 Å². The molecule has 3 N–H and O–H groups in total. The van der Waals surface area contributed by atoms with Gasteiger partial charge in [0.05, 0.1) is 12.5 Å². The molecular weight excluding hydrogens is 290 g/mol. The van der Waals surface area contributed by atoms with Crippen molar-refractivity contribution in [1.82, 2.24) is 0 Å². The number of carboxylic acid groups (broad SMARTS) is 1. The minimum atomic E-state index is -1.27. The summed E-state index contributed by atoms with van der Waals surface area (Å²) in [6, 6.07) is 16.7. The minimum Gasteiger partial charge on any atom is -0.547 e. The van der Waals surface area contributed by atoms with E-state index in [-0.39, 0.29) is 0 Å².